The van der Waals surface area contributed by atoms with Gasteiger partial charge in [-0.2, -0.15) is 0 Å². The van der Waals surface area contributed by atoms with Crippen molar-refractivity contribution >= 4 is 39.4 Å². The highest BCUT2D eigenvalue weighted by atomic mass is 35.5. The summed E-state index contributed by atoms with van der Waals surface area (Å²) in [5, 5.41) is -0.0559. The molecule has 2 rings (SSSR count). The summed E-state index contributed by atoms with van der Waals surface area (Å²) >= 11 is 5.82. The van der Waals surface area contributed by atoms with Crippen molar-refractivity contribution in [1.29, 1.82) is 0 Å². The van der Waals surface area contributed by atoms with Gasteiger partial charge in [0, 0.05) is 13.0 Å². The zero-order chi connectivity index (χ0) is 17.9. The van der Waals surface area contributed by atoms with Crippen molar-refractivity contribution in [1.82, 2.24) is 9.62 Å². The number of ether oxygens (including phenoxy) is 1. The van der Waals surface area contributed by atoms with Crippen molar-refractivity contribution in [3.05, 3.63) is 28.8 Å². The molecule has 1 aliphatic rings. The number of amides is 2. The summed E-state index contributed by atoms with van der Waals surface area (Å²) in [6.07, 6.45) is 0.878. The number of esters is 1. The highest BCUT2D eigenvalue weighted by Crippen LogP contribution is 2.22. The highest BCUT2D eigenvalue weighted by molar-refractivity contribution is 7.89. The van der Waals surface area contributed by atoms with Gasteiger partial charge in [-0.15, -0.1) is 0 Å². The number of imide groups is 1. The molecule has 2 amide bonds. The summed E-state index contributed by atoms with van der Waals surface area (Å²) < 4.78 is 30.6. The van der Waals surface area contributed by atoms with E-state index >= 15 is 0 Å². The number of hydrogen-bond donors (Lipinski definition) is 1. The Morgan fingerprint density at radius 1 is 1.38 bits per heavy atom. The average Bonchev–Trinajstić information content (AvgIpc) is 2.98. The first-order valence-electron chi connectivity index (χ1n) is 6.99. The van der Waals surface area contributed by atoms with E-state index in [9.17, 15) is 22.8 Å². The van der Waals surface area contributed by atoms with Gasteiger partial charge in [0.25, 0.3) is 5.91 Å². The second kappa shape index (κ2) is 7.29. The molecular formula is C14H15ClN2O6S. The molecule has 0 radical (unpaired) electrons. The highest BCUT2D eigenvalue weighted by Gasteiger charge is 2.27. The van der Waals surface area contributed by atoms with Crippen LogP contribution in [0.2, 0.25) is 5.02 Å². The third-order valence-corrected chi connectivity index (χ3v) is 5.32. The predicted octanol–water partition coefficient (Wildman–Crippen LogP) is 0.554. The molecule has 1 N–H and O–H groups in total. The number of carbonyl (C=O) groups excluding carboxylic acids is 3. The zero-order valence-electron chi connectivity index (χ0n) is 12.7. The van der Waals surface area contributed by atoms with Gasteiger partial charge in [0.05, 0.1) is 10.6 Å². The third-order valence-electron chi connectivity index (χ3n) is 3.43. The smallest absolute Gasteiger partial charge is 0.338 e. The van der Waals surface area contributed by atoms with E-state index in [0.717, 1.165) is 11.0 Å². The Hall–Kier alpha value is -1.97. The molecule has 24 heavy (non-hydrogen) atoms. The van der Waals surface area contributed by atoms with Gasteiger partial charge in [-0.3, -0.25) is 14.5 Å². The Balaban J connectivity index is 2.09. The summed E-state index contributed by atoms with van der Waals surface area (Å²) in [5.74, 6) is -1.80. The van der Waals surface area contributed by atoms with Gasteiger partial charge in [-0.05, 0) is 31.7 Å². The van der Waals surface area contributed by atoms with Crippen LogP contribution in [-0.4, -0.2) is 51.3 Å². The van der Waals surface area contributed by atoms with Crippen molar-refractivity contribution < 1.29 is 27.5 Å². The summed E-state index contributed by atoms with van der Waals surface area (Å²) in [6, 6.07) is 3.58. The molecule has 10 heteroatoms. The van der Waals surface area contributed by atoms with Gasteiger partial charge in [0.15, 0.2) is 6.61 Å². The Morgan fingerprint density at radius 2 is 2.08 bits per heavy atom. The van der Waals surface area contributed by atoms with E-state index in [0.29, 0.717) is 19.4 Å². The number of likely N-dealkylation sites (tertiary alicyclic amines) is 1. The Labute approximate surface area is 143 Å². The van der Waals surface area contributed by atoms with Crippen LogP contribution >= 0.6 is 11.6 Å². The van der Waals surface area contributed by atoms with E-state index in [1.165, 1.54) is 19.2 Å². The minimum Gasteiger partial charge on any atom is -0.452 e. The molecule has 130 valence electrons. The molecule has 0 aromatic heterocycles. The van der Waals surface area contributed by atoms with Crippen molar-refractivity contribution in [2.45, 2.75) is 17.7 Å². The average molecular weight is 375 g/mol. The van der Waals surface area contributed by atoms with Crippen LogP contribution in [0.5, 0.6) is 0 Å². The van der Waals surface area contributed by atoms with Gasteiger partial charge in [0.1, 0.15) is 4.90 Å². The van der Waals surface area contributed by atoms with Crippen LogP contribution in [0.15, 0.2) is 23.1 Å². The fourth-order valence-corrected chi connectivity index (χ4v) is 3.40. The van der Waals surface area contributed by atoms with Crippen LogP contribution in [0.1, 0.15) is 23.2 Å². The van der Waals surface area contributed by atoms with Crippen LogP contribution in [0, 0.1) is 0 Å². The molecule has 1 aliphatic heterocycles. The molecule has 0 unspecified atom stereocenters. The number of nitrogens with one attached hydrogen (secondary N) is 1. The molecular weight excluding hydrogens is 360 g/mol. The molecule has 1 heterocycles. The minimum absolute atomic E-state index is 0.0559. The zero-order valence-corrected chi connectivity index (χ0v) is 14.3. The first-order chi connectivity index (χ1) is 11.3. The molecule has 1 fully saturated rings. The van der Waals surface area contributed by atoms with E-state index in [4.69, 9.17) is 16.3 Å². The third kappa shape index (κ3) is 3.92. The monoisotopic (exact) mass is 374 g/mol. The van der Waals surface area contributed by atoms with Gasteiger partial charge < -0.3 is 4.74 Å². The van der Waals surface area contributed by atoms with Crippen LogP contribution in [-0.2, 0) is 24.3 Å². The number of sulfonamides is 1. The maximum Gasteiger partial charge on any atom is 0.338 e. The first-order valence-corrected chi connectivity index (χ1v) is 8.86. The lowest BCUT2D eigenvalue weighted by molar-refractivity contribution is -0.143. The summed E-state index contributed by atoms with van der Waals surface area (Å²) in [4.78, 5) is 36.0. The normalized spacial score (nSPS) is 14.8. The Bertz CT molecular complexity index is 792. The van der Waals surface area contributed by atoms with Crippen LogP contribution in [0.4, 0.5) is 0 Å². The maximum absolute atomic E-state index is 12.0. The molecule has 8 nitrogen and oxygen atoms in total. The summed E-state index contributed by atoms with van der Waals surface area (Å²) in [5.41, 5.74) is -0.0752. The van der Waals surface area contributed by atoms with Crippen LogP contribution in [0.3, 0.4) is 0 Å². The fraction of sp³-hybridized carbons (Fsp3) is 0.357. The van der Waals surface area contributed by atoms with Crippen molar-refractivity contribution in [3.8, 4) is 0 Å². The van der Waals surface area contributed by atoms with Gasteiger partial charge in [0.2, 0.25) is 15.9 Å². The number of hydrogen-bond acceptors (Lipinski definition) is 6. The molecule has 1 aromatic rings. The number of nitrogens with zero attached hydrogens (tertiary/aromatic N) is 1. The standard InChI is InChI=1S/C14H15ClN2O6S/c1-16-24(21,22)11-7-9(4-5-10(11)15)14(20)23-8-13(19)17-6-2-3-12(17)18/h4-5,7,16H,2-3,6,8H2,1H3. The number of benzene rings is 1. The second-order valence-corrected chi connectivity index (χ2v) is 7.23. The fourth-order valence-electron chi connectivity index (χ4n) is 2.15. The van der Waals surface area contributed by atoms with Crippen molar-refractivity contribution in [2.75, 3.05) is 20.2 Å². The quantitative estimate of drug-likeness (QED) is 0.754. The topological polar surface area (TPSA) is 110 Å². The Morgan fingerprint density at radius 3 is 2.67 bits per heavy atom. The number of halogens is 1. The van der Waals surface area contributed by atoms with E-state index in [1.54, 1.807) is 0 Å². The minimum atomic E-state index is -3.85. The second-order valence-electron chi connectivity index (χ2n) is 4.97. The molecule has 0 bridgehead atoms. The van der Waals surface area contributed by atoms with Gasteiger partial charge in [-0.25, -0.2) is 17.9 Å². The molecule has 0 aliphatic carbocycles. The molecule has 0 atom stereocenters. The van der Waals surface area contributed by atoms with E-state index in [2.05, 4.69) is 4.72 Å². The summed E-state index contributed by atoms with van der Waals surface area (Å²) in [6.45, 7) is -0.290. The largest absolute Gasteiger partial charge is 0.452 e. The molecule has 1 aromatic carbocycles. The van der Waals surface area contributed by atoms with Crippen LogP contribution in [0.25, 0.3) is 0 Å². The predicted molar refractivity (Wildman–Crippen MR) is 83.9 cm³/mol. The molecule has 0 spiro atoms. The summed E-state index contributed by atoms with van der Waals surface area (Å²) in [7, 11) is -2.64. The lowest BCUT2D eigenvalue weighted by Crippen LogP contribution is -2.35. The maximum atomic E-state index is 12.0. The van der Waals surface area contributed by atoms with Gasteiger partial charge in [-0.1, -0.05) is 11.6 Å². The molecule has 1 saturated heterocycles. The van der Waals surface area contributed by atoms with Crippen LogP contribution < -0.4 is 4.72 Å². The lowest BCUT2D eigenvalue weighted by atomic mass is 10.2. The Kier molecular flexibility index (Phi) is 5.58. The van der Waals surface area contributed by atoms with Gasteiger partial charge >= 0.3 is 5.97 Å². The lowest BCUT2D eigenvalue weighted by Gasteiger charge is -2.13. The molecule has 0 saturated carbocycles. The van der Waals surface area contributed by atoms with Crippen molar-refractivity contribution in [3.63, 3.8) is 0 Å². The number of carbonyl (C=O) groups is 3. The SMILES string of the molecule is CNS(=O)(=O)c1cc(C(=O)OCC(=O)N2CCCC2=O)ccc1Cl. The van der Waals surface area contributed by atoms with E-state index in [-0.39, 0.29) is 21.4 Å². The van der Waals surface area contributed by atoms with E-state index in [1.807, 2.05) is 0 Å². The first kappa shape index (κ1) is 18.4. The van der Waals surface area contributed by atoms with Crippen molar-refractivity contribution in [2.24, 2.45) is 0 Å². The number of rotatable bonds is 5. The van der Waals surface area contributed by atoms with E-state index < -0.39 is 28.5 Å².